The van der Waals surface area contributed by atoms with Crippen LogP contribution in [0.4, 0.5) is 4.79 Å². The van der Waals surface area contributed by atoms with E-state index >= 15 is 0 Å². The van der Waals surface area contributed by atoms with Crippen LogP contribution in [0, 0.1) is 5.41 Å². The van der Waals surface area contributed by atoms with Gasteiger partial charge in [0.15, 0.2) is 0 Å². The lowest BCUT2D eigenvalue weighted by atomic mass is 9.92. The molecule has 4 nitrogen and oxygen atoms in total. The second-order valence-corrected chi connectivity index (χ2v) is 7.76. The second-order valence-electron chi connectivity index (χ2n) is 7.76. The zero-order valence-electron chi connectivity index (χ0n) is 14.0. The van der Waals surface area contributed by atoms with Gasteiger partial charge in [0.1, 0.15) is 5.60 Å². The van der Waals surface area contributed by atoms with Gasteiger partial charge in [-0.1, -0.05) is 20.8 Å². The molecular weight excluding hydrogens is 252 g/mol. The van der Waals surface area contributed by atoms with Crippen molar-refractivity contribution in [2.75, 3.05) is 6.54 Å². The number of ether oxygens (including phenoxy) is 1. The van der Waals surface area contributed by atoms with Crippen LogP contribution in [0.25, 0.3) is 0 Å². The van der Waals surface area contributed by atoms with Gasteiger partial charge in [-0.15, -0.1) is 0 Å². The topological polar surface area (TPSA) is 50.4 Å². The molecule has 0 heterocycles. The summed E-state index contributed by atoms with van der Waals surface area (Å²) in [5.41, 5.74) is 0.0171. The number of carbonyl (C=O) groups is 1. The van der Waals surface area contributed by atoms with Gasteiger partial charge < -0.3 is 15.4 Å². The third kappa shape index (κ3) is 6.60. The molecule has 1 rings (SSSR count). The Morgan fingerprint density at radius 2 is 2.05 bits per heavy atom. The molecule has 0 bridgehead atoms. The average molecular weight is 284 g/mol. The molecule has 1 aliphatic rings. The van der Waals surface area contributed by atoms with Crippen molar-refractivity contribution in [1.29, 1.82) is 0 Å². The first-order chi connectivity index (χ1) is 9.11. The Balaban J connectivity index is 2.31. The van der Waals surface area contributed by atoms with Gasteiger partial charge in [0.05, 0.1) is 0 Å². The summed E-state index contributed by atoms with van der Waals surface area (Å²) in [4.78, 5) is 11.7. The fraction of sp³-hybridized carbons (Fsp3) is 0.938. The summed E-state index contributed by atoms with van der Waals surface area (Å²) < 4.78 is 5.26. The van der Waals surface area contributed by atoms with Crippen LogP contribution < -0.4 is 10.6 Å². The third-order valence-electron chi connectivity index (χ3n) is 3.82. The van der Waals surface area contributed by atoms with E-state index in [1.165, 1.54) is 19.3 Å². The van der Waals surface area contributed by atoms with E-state index in [9.17, 15) is 4.79 Å². The Morgan fingerprint density at radius 3 is 2.50 bits per heavy atom. The fourth-order valence-corrected chi connectivity index (χ4v) is 2.75. The van der Waals surface area contributed by atoms with Crippen LogP contribution >= 0.6 is 0 Å². The van der Waals surface area contributed by atoms with Crippen molar-refractivity contribution in [3.8, 4) is 0 Å². The predicted molar refractivity (Wildman–Crippen MR) is 82.9 cm³/mol. The maximum Gasteiger partial charge on any atom is 0.407 e. The first kappa shape index (κ1) is 17.3. The molecule has 1 amide bonds. The minimum Gasteiger partial charge on any atom is -0.444 e. The first-order valence-electron chi connectivity index (χ1n) is 7.84. The van der Waals surface area contributed by atoms with E-state index in [1.54, 1.807) is 0 Å². The van der Waals surface area contributed by atoms with E-state index < -0.39 is 5.60 Å². The Hall–Kier alpha value is -0.770. The average Bonchev–Trinajstić information content (AvgIpc) is 2.61. The van der Waals surface area contributed by atoms with Crippen molar-refractivity contribution in [2.24, 2.45) is 5.41 Å². The summed E-state index contributed by atoms with van der Waals surface area (Å²) >= 11 is 0. The van der Waals surface area contributed by atoms with Gasteiger partial charge in [0.2, 0.25) is 0 Å². The van der Waals surface area contributed by atoms with Crippen LogP contribution in [0.15, 0.2) is 0 Å². The Bertz CT molecular complexity index is 321. The maximum atomic E-state index is 11.7. The van der Waals surface area contributed by atoms with Crippen molar-refractivity contribution < 1.29 is 9.53 Å². The Labute approximate surface area is 124 Å². The number of carbonyl (C=O) groups excluding carboxylic acids is 1. The quantitative estimate of drug-likeness (QED) is 0.813. The molecule has 0 radical (unpaired) electrons. The highest BCUT2D eigenvalue weighted by Gasteiger charge is 2.31. The predicted octanol–water partition coefficient (Wildman–Crippen LogP) is 3.46. The van der Waals surface area contributed by atoms with Crippen LogP contribution in [0.1, 0.15) is 67.2 Å². The summed E-state index contributed by atoms with van der Waals surface area (Å²) in [6, 6.07) is 0.900. The lowest BCUT2D eigenvalue weighted by Crippen LogP contribution is -2.45. The van der Waals surface area contributed by atoms with Crippen LogP contribution in [0.3, 0.4) is 0 Å². The monoisotopic (exact) mass is 284 g/mol. The molecule has 0 aromatic carbocycles. The van der Waals surface area contributed by atoms with Gasteiger partial charge >= 0.3 is 6.09 Å². The zero-order chi connectivity index (χ0) is 15.4. The van der Waals surface area contributed by atoms with Gasteiger partial charge in [-0.3, -0.25) is 0 Å². The van der Waals surface area contributed by atoms with Crippen molar-refractivity contribution in [1.82, 2.24) is 10.6 Å². The fourth-order valence-electron chi connectivity index (χ4n) is 2.75. The molecule has 0 aromatic heterocycles. The Morgan fingerprint density at radius 1 is 1.40 bits per heavy atom. The Kier molecular flexibility index (Phi) is 5.87. The lowest BCUT2D eigenvalue weighted by Gasteiger charge is -2.25. The summed E-state index contributed by atoms with van der Waals surface area (Å²) in [5.74, 6) is 0. The first-order valence-corrected chi connectivity index (χ1v) is 7.84. The smallest absolute Gasteiger partial charge is 0.407 e. The van der Waals surface area contributed by atoms with Crippen LogP contribution in [0.5, 0.6) is 0 Å². The molecule has 4 heteroatoms. The SMILES string of the molecule is CCC(CNC(=O)OC(C)(C)C)NC1CCC(C)(C)C1. The molecule has 0 spiro atoms. The summed E-state index contributed by atoms with van der Waals surface area (Å²) in [6.07, 6.45) is 4.41. The molecule has 2 unspecified atom stereocenters. The largest absolute Gasteiger partial charge is 0.444 e. The van der Waals surface area contributed by atoms with Crippen molar-refractivity contribution in [2.45, 2.75) is 84.9 Å². The molecule has 2 atom stereocenters. The van der Waals surface area contributed by atoms with E-state index in [1.807, 2.05) is 20.8 Å². The molecule has 0 aliphatic heterocycles. The van der Waals surface area contributed by atoms with Crippen molar-refractivity contribution in [3.63, 3.8) is 0 Å². The molecule has 1 saturated carbocycles. The van der Waals surface area contributed by atoms with Gasteiger partial charge in [-0.2, -0.15) is 0 Å². The standard InChI is InChI=1S/C16H32N2O2/c1-7-12(11-17-14(19)20-15(2,3)4)18-13-8-9-16(5,6)10-13/h12-13,18H,7-11H2,1-6H3,(H,17,19). The summed E-state index contributed by atoms with van der Waals surface area (Å²) in [6.45, 7) is 13.1. The molecule has 1 aliphatic carbocycles. The van der Waals surface area contributed by atoms with Crippen LogP contribution in [0.2, 0.25) is 0 Å². The number of hydrogen-bond acceptors (Lipinski definition) is 3. The van der Waals surface area contributed by atoms with Gasteiger partial charge in [-0.25, -0.2) is 4.79 Å². The number of alkyl carbamates (subject to hydrolysis) is 1. The van der Waals surface area contributed by atoms with Crippen molar-refractivity contribution >= 4 is 6.09 Å². The molecule has 0 saturated heterocycles. The number of hydrogen-bond donors (Lipinski definition) is 2. The highest BCUT2D eigenvalue weighted by atomic mass is 16.6. The van der Waals surface area contributed by atoms with Crippen LogP contribution in [-0.4, -0.2) is 30.3 Å². The number of amides is 1. The summed E-state index contributed by atoms with van der Waals surface area (Å²) in [7, 11) is 0. The normalized spacial score (nSPS) is 23.4. The molecule has 2 N–H and O–H groups in total. The summed E-state index contributed by atoms with van der Waals surface area (Å²) in [5, 5.41) is 6.53. The third-order valence-corrected chi connectivity index (χ3v) is 3.82. The second kappa shape index (κ2) is 6.79. The highest BCUT2D eigenvalue weighted by Crippen LogP contribution is 2.37. The van der Waals surface area contributed by atoms with E-state index in [4.69, 9.17) is 4.74 Å². The molecular formula is C16H32N2O2. The van der Waals surface area contributed by atoms with E-state index in [-0.39, 0.29) is 6.09 Å². The van der Waals surface area contributed by atoms with Gasteiger partial charge in [0, 0.05) is 18.6 Å². The van der Waals surface area contributed by atoms with E-state index in [2.05, 4.69) is 31.4 Å². The number of rotatable bonds is 5. The zero-order valence-corrected chi connectivity index (χ0v) is 14.0. The van der Waals surface area contributed by atoms with E-state index in [0.29, 0.717) is 24.0 Å². The minimum absolute atomic E-state index is 0.321. The molecule has 1 fully saturated rings. The van der Waals surface area contributed by atoms with Crippen molar-refractivity contribution in [3.05, 3.63) is 0 Å². The highest BCUT2D eigenvalue weighted by molar-refractivity contribution is 5.67. The van der Waals surface area contributed by atoms with Crippen LogP contribution in [-0.2, 0) is 4.74 Å². The molecule has 0 aromatic rings. The van der Waals surface area contributed by atoms with E-state index in [0.717, 1.165) is 6.42 Å². The van der Waals surface area contributed by atoms with Gasteiger partial charge in [0.25, 0.3) is 0 Å². The van der Waals surface area contributed by atoms with Gasteiger partial charge in [-0.05, 0) is 51.9 Å². The minimum atomic E-state index is -0.436. The maximum absolute atomic E-state index is 11.7. The lowest BCUT2D eigenvalue weighted by molar-refractivity contribution is 0.0521. The molecule has 118 valence electrons. The number of nitrogens with one attached hydrogen (secondary N) is 2. The molecule has 20 heavy (non-hydrogen) atoms.